The summed E-state index contributed by atoms with van der Waals surface area (Å²) in [5.41, 5.74) is 2.73. The van der Waals surface area contributed by atoms with Gasteiger partial charge in [0.05, 0.1) is 0 Å². The molecule has 0 aliphatic carbocycles. The third-order valence-corrected chi connectivity index (χ3v) is 5.18. The van der Waals surface area contributed by atoms with Gasteiger partial charge in [-0.15, -0.1) is 10.2 Å². The van der Waals surface area contributed by atoms with E-state index in [0.29, 0.717) is 0 Å². The fraction of sp³-hybridized carbons (Fsp3) is 0.545. The lowest BCUT2D eigenvalue weighted by atomic mass is 10.0. The molecule has 26 heavy (non-hydrogen) atoms. The third-order valence-electron chi connectivity index (χ3n) is 5.18. The van der Waals surface area contributed by atoms with Crippen LogP contribution in [0.15, 0.2) is 42.0 Å². The molecule has 3 rings (SSSR count). The van der Waals surface area contributed by atoms with E-state index in [0.717, 1.165) is 50.0 Å². The number of benzene rings is 1. The van der Waals surface area contributed by atoms with Crippen LogP contribution < -0.4 is 0 Å². The van der Waals surface area contributed by atoms with E-state index in [1.807, 2.05) is 0 Å². The lowest BCUT2D eigenvalue weighted by molar-refractivity contribution is 0.236. The molecule has 1 aromatic carbocycles. The van der Waals surface area contributed by atoms with Gasteiger partial charge in [-0.05, 0) is 38.2 Å². The summed E-state index contributed by atoms with van der Waals surface area (Å²) >= 11 is 0. The molecule has 1 aliphatic rings. The Hall–Kier alpha value is -1.94. The normalized spacial score (nSPS) is 16.0. The summed E-state index contributed by atoms with van der Waals surface area (Å²) < 4.78 is 2.35. The number of hydrogen-bond donors (Lipinski definition) is 0. The van der Waals surface area contributed by atoms with Crippen LogP contribution in [0.5, 0.6) is 0 Å². The lowest BCUT2D eigenvalue weighted by Crippen LogP contribution is -2.31. The van der Waals surface area contributed by atoms with Crippen LogP contribution in [-0.2, 0) is 19.4 Å². The van der Waals surface area contributed by atoms with E-state index >= 15 is 0 Å². The van der Waals surface area contributed by atoms with Crippen molar-refractivity contribution in [2.24, 2.45) is 5.92 Å². The maximum absolute atomic E-state index is 4.47. The minimum Gasteiger partial charge on any atom is -0.313 e. The highest BCUT2D eigenvalue weighted by Crippen LogP contribution is 2.16. The van der Waals surface area contributed by atoms with Crippen molar-refractivity contribution >= 4 is 0 Å². The minimum atomic E-state index is 0.734. The van der Waals surface area contributed by atoms with Gasteiger partial charge in [-0.2, -0.15) is 0 Å². The van der Waals surface area contributed by atoms with Crippen molar-refractivity contribution in [3.63, 3.8) is 0 Å². The Kier molecular flexibility index (Phi) is 6.62. The second-order valence-corrected chi connectivity index (χ2v) is 7.86. The van der Waals surface area contributed by atoms with Gasteiger partial charge in [-0.25, -0.2) is 0 Å². The first-order chi connectivity index (χ1) is 12.6. The molecule has 4 nitrogen and oxygen atoms in total. The van der Waals surface area contributed by atoms with Crippen LogP contribution in [0.3, 0.4) is 0 Å². The number of rotatable bonds is 7. The smallest absolute Gasteiger partial charge is 0.137 e. The molecule has 1 unspecified atom stereocenters. The highest BCUT2D eigenvalue weighted by atomic mass is 15.3. The maximum atomic E-state index is 4.47. The van der Waals surface area contributed by atoms with E-state index in [9.17, 15) is 0 Å². The van der Waals surface area contributed by atoms with Crippen molar-refractivity contribution in [2.75, 3.05) is 19.6 Å². The quantitative estimate of drug-likeness (QED) is 0.703. The highest BCUT2D eigenvalue weighted by molar-refractivity contribution is 5.19. The summed E-state index contributed by atoms with van der Waals surface area (Å²) in [7, 11) is 0. The van der Waals surface area contributed by atoms with Crippen LogP contribution in [0.1, 0.15) is 50.8 Å². The summed E-state index contributed by atoms with van der Waals surface area (Å²) in [6.07, 6.45) is 6.70. The predicted molar refractivity (Wildman–Crippen MR) is 107 cm³/mol. The molecule has 1 aromatic heterocycles. The van der Waals surface area contributed by atoms with E-state index in [1.165, 1.54) is 30.5 Å². The summed E-state index contributed by atoms with van der Waals surface area (Å²) in [5, 5.41) is 8.94. The molecular weight excluding hydrogens is 320 g/mol. The van der Waals surface area contributed by atoms with E-state index in [-0.39, 0.29) is 0 Å². The molecule has 1 aliphatic heterocycles. The van der Waals surface area contributed by atoms with E-state index in [1.54, 1.807) is 0 Å². The molecule has 2 aromatic rings. The molecule has 0 saturated heterocycles. The van der Waals surface area contributed by atoms with Crippen LogP contribution in [0.2, 0.25) is 0 Å². The zero-order valence-corrected chi connectivity index (χ0v) is 16.5. The third kappa shape index (κ3) is 5.28. The number of fused-ring (bicyclic) bond motifs is 1. The molecule has 2 heterocycles. The number of nitrogens with zero attached hydrogens (tertiary/aromatic N) is 4. The monoisotopic (exact) mass is 352 g/mol. The first-order valence-electron chi connectivity index (χ1n) is 9.92. The van der Waals surface area contributed by atoms with Gasteiger partial charge in [0.1, 0.15) is 11.6 Å². The van der Waals surface area contributed by atoms with Crippen molar-refractivity contribution in [2.45, 2.75) is 53.0 Å². The van der Waals surface area contributed by atoms with Crippen molar-refractivity contribution < 1.29 is 0 Å². The second-order valence-electron chi connectivity index (χ2n) is 7.86. The Morgan fingerprint density at radius 2 is 1.92 bits per heavy atom. The molecule has 140 valence electrons. The van der Waals surface area contributed by atoms with E-state index in [2.05, 4.69) is 76.8 Å². The molecule has 0 amide bonds. The molecule has 0 spiro atoms. The van der Waals surface area contributed by atoms with Crippen molar-refractivity contribution in [1.82, 2.24) is 19.7 Å². The molecule has 0 saturated carbocycles. The molecule has 0 bridgehead atoms. The zero-order chi connectivity index (χ0) is 18.4. The molecule has 4 heteroatoms. The highest BCUT2D eigenvalue weighted by Gasteiger charge is 2.19. The number of allylic oxidation sites excluding steroid dienone is 2. The predicted octanol–water partition coefficient (Wildman–Crippen LogP) is 4.11. The van der Waals surface area contributed by atoms with E-state index in [4.69, 9.17) is 0 Å². The first-order valence-corrected chi connectivity index (χ1v) is 9.92. The van der Waals surface area contributed by atoms with Crippen LogP contribution in [0.4, 0.5) is 0 Å². The molecule has 0 radical (unpaired) electrons. The van der Waals surface area contributed by atoms with E-state index < -0.39 is 0 Å². The van der Waals surface area contributed by atoms with Gasteiger partial charge < -0.3 is 9.47 Å². The van der Waals surface area contributed by atoms with Gasteiger partial charge in [0.25, 0.3) is 0 Å². The summed E-state index contributed by atoms with van der Waals surface area (Å²) in [6.45, 7) is 11.1. The van der Waals surface area contributed by atoms with Crippen LogP contribution in [-0.4, -0.2) is 39.3 Å². The average molecular weight is 353 g/mol. The van der Waals surface area contributed by atoms with Gasteiger partial charge in [-0.3, -0.25) is 0 Å². The Bertz CT molecular complexity index is 713. The number of hydrogen-bond acceptors (Lipinski definition) is 3. The first kappa shape index (κ1) is 18.8. The summed E-state index contributed by atoms with van der Waals surface area (Å²) in [6, 6.07) is 10.6. The number of aromatic nitrogens is 3. The molecule has 1 atom stereocenters. The van der Waals surface area contributed by atoms with Crippen LogP contribution in [0.25, 0.3) is 0 Å². The zero-order valence-electron chi connectivity index (χ0n) is 16.5. The fourth-order valence-corrected chi connectivity index (χ4v) is 3.71. The van der Waals surface area contributed by atoms with Gasteiger partial charge in [0.2, 0.25) is 0 Å². The lowest BCUT2D eigenvalue weighted by Gasteiger charge is -2.23. The second kappa shape index (κ2) is 9.13. The Morgan fingerprint density at radius 3 is 2.69 bits per heavy atom. The van der Waals surface area contributed by atoms with Crippen LogP contribution in [0, 0.1) is 5.92 Å². The minimum absolute atomic E-state index is 0.734. The largest absolute Gasteiger partial charge is 0.313 e. The standard InChI is InChI=1S/C22H32N4/c1-18(2)8-7-9-19(3)17-25-13-12-21-23-24-22(26(21)15-14-25)16-20-10-5-4-6-11-20/h4-6,8,10-11,19H,7,9,12-17H2,1-3H3. The molecule has 0 fully saturated rings. The van der Waals surface area contributed by atoms with Crippen LogP contribution >= 0.6 is 0 Å². The average Bonchev–Trinajstić information content (AvgIpc) is 2.87. The van der Waals surface area contributed by atoms with Gasteiger partial charge in [0.15, 0.2) is 0 Å². The molecular formula is C22H32N4. The van der Waals surface area contributed by atoms with Gasteiger partial charge in [0, 0.05) is 39.0 Å². The maximum Gasteiger partial charge on any atom is 0.137 e. The van der Waals surface area contributed by atoms with Crippen molar-refractivity contribution in [3.8, 4) is 0 Å². The Balaban J connectivity index is 1.55. The van der Waals surface area contributed by atoms with Gasteiger partial charge in [-0.1, -0.05) is 48.9 Å². The Morgan fingerprint density at radius 1 is 1.12 bits per heavy atom. The van der Waals surface area contributed by atoms with Gasteiger partial charge >= 0.3 is 0 Å². The van der Waals surface area contributed by atoms with Crippen molar-refractivity contribution in [1.29, 1.82) is 0 Å². The van der Waals surface area contributed by atoms with Crippen molar-refractivity contribution in [3.05, 3.63) is 59.2 Å². The summed E-state index contributed by atoms with van der Waals surface area (Å²) in [5.74, 6) is 2.98. The topological polar surface area (TPSA) is 34.0 Å². The Labute approximate surface area is 157 Å². The molecule has 0 N–H and O–H groups in total. The SMILES string of the molecule is CC(C)=CCCC(C)CN1CCc2nnc(Cc3ccccc3)n2CC1. The fourth-order valence-electron chi connectivity index (χ4n) is 3.71. The summed E-state index contributed by atoms with van der Waals surface area (Å²) in [4.78, 5) is 2.61.